The summed E-state index contributed by atoms with van der Waals surface area (Å²) in [5, 5.41) is 9.95. The maximum Gasteiger partial charge on any atom is 0.0900 e. The van der Waals surface area contributed by atoms with Crippen molar-refractivity contribution in [2.45, 2.75) is 44.6 Å². The Morgan fingerprint density at radius 1 is 1.22 bits per heavy atom. The second-order valence-corrected chi connectivity index (χ2v) is 5.70. The van der Waals surface area contributed by atoms with E-state index in [1.54, 1.807) is 0 Å². The average Bonchev–Trinajstić information content (AvgIpc) is 2.41. The van der Waals surface area contributed by atoms with Crippen LogP contribution in [0.25, 0.3) is 0 Å². The number of aliphatic hydroxyl groups excluding tert-OH is 1. The zero-order valence-corrected chi connectivity index (χ0v) is 11.4. The lowest BCUT2D eigenvalue weighted by Crippen LogP contribution is -2.38. The van der Waals surface area contributed by atoms with Crippen molar-refractivity contribution >= 4 is 0 Å². The Labute approximate surface area is 111 Å². The van der Waals surface area contributed by atoms with E-state index in [1.807, 2.05) is 0 Å². The molecule has 0 aromatic rings. The summed E-state index contributed by atoms with van der Waals surface area (Å²) in [5.41, 5.74) is 0. The van der Waals surface area contributed by atoms with Gasteiger partial charge in [0, 0.05) is 13.2 Å². The number of hydrogen-bond donors (Lipinski definition) is 1. The lowest BCUT2D eigenvalue weighted by molar-refractivity contribution is 0.00120. The quantitative estimate of drug-likeness (QED) is 0.737. The zero-order valence-electron chi connectivity index (χ0n) is 11.4. The van der Waals surface area contributed by atoms with E-state index in [4.69, 9.17) is 4.74 Å². The molecule has 0 bridgehead atoms. The number of piperidine rings is 1. The molecule has 0 aromatic heterocycles. The molecule has 104 valence electrons. The first kappa shape index (κ1) is 14.0. The summed E-state index contributed by atoms with van der Waals surface area (Å²) in [7, 11) is 0. The van der Waals surface area contributed by atoms with Gasteiger partial charge in [-0.25, -0.2) is 0 Å². The van der Waals surface area contributed by atoms with Crippen LogP contribution in [0.4, 0.5) is 0 Å². The van der Waals surface area contributed by atoms with Gasteiger partial charge in [-0.15, -0.1) is 0 Å². The molecule has 1 heterocycles. The van der Waals surface area contributed by atoms with Crippen molar-refractivity contribution in [3.05, 3.63) is 12.2 Å². The van der Waals surface area contributed by atoms with E-state index >= 15 is 0 Å². The zero-order chi connectivity index (χ0) is 12.6. The van der Waals surface area contributed by atoms with Crippen molar-refractivity contribution in [2.24, 2.45) is 5.92 Å². The van der Waals surface area contributed by atoms with Crippen molar-refractivity contribution in [1.82, 2.24) is 4.90 Å². The smallest absolute Gasteiger partial charge is 0.0900 e. The van der Waals surface area contributed by atoms with Crippen molar-refractivity contribution in [3.63, 3.8) is 0 Å². The van der Waals surface area contributed by atoms with Gasteiger partial charge in [-0.1, -0.05) is 18.6 Å². The van der Waals surface area contributed by atoms with Crippen LogP contribution in [0.5, 0.6) is 0 Å². The summed E-state index contributed by atoms with van der Waals surface area (Å²) < 4.78 is 5.67. The third-order valence-electron chi connectivity index (χ3n) is 3.96. The maximum atomic E-state index is 9.95. The molecule has 0 aromatic carbocycles. The summed E-state index contributed by atoms with van der Waals surface area (Å²) in [6.07, 6.45) is 11.7. The van der Waals surface area contributed by atoms with Crippen molar-refractivity contribution in [3.8, 4) is 0 Å². The lowest BCUT2D eigenvalue weighted by atomic mass is 9.95. The predicted molar refractivity (Wildman–Crippen MR) is 73.6 cm³/mol. The summed E-state index contributed by atoms with van der Waals surface area (Å²) in [5.74, 6) is 0.664. The summed E-state index contributed by atoms with van der Waals surface area (Å²) in [4.78, 5) is 2.36. The Hall–Kier alpha value is -0.380. The van der Waals surface area contributed by atoms with Gasteiger partial charge in [-0.2, -0.15) is 0 Å². The van der Waals surface area contributed by atoms with E-state index in [0.717, 1.165) is 32.7 Å². The fourth-order valence-corrected chi connectivity index (χ4v) is 2.87. The van der Waals surface area contributed by atoms with Crippen molar-refractivity contribution < 1.29 is 9.84 Å². The molecule has 1 N–H and O–H groups in total. The molecule has 3 heteroatoms. The molecule has 2 aliphatic rings. The molecule has 1 fully saturated rings. The molecule has 2 atom stereocenters. The number of rotatable bonds is 6. The van der Waals surface area contributed by atoms with Gasteiger partial charge in [-0.3, -0.25) is 0 Å². The Balaban J connectivity index is 1.53. The number of aliphatic hydroxyl groups is 1. The van der Waals surface area contributed by atoms with Crippen LogP contribution >= 0.6 is 0 Å². The molecule has 0 spiro atoms. The molecule has 1 aliphatic carbocycles. The van der Waals surface area contributed by atoms with Gasteiger partial charge in [0.1, 0.15) is 0 Å². The molecular weight excluding hydrogens is 226 g/mol. The van der Waals surface area contributed by atoms with Crippen LogP contribution in [0.3, 0.4) is 0 Å². The first-order valence-electron chi connectivity index (χ1n) is 7.48. The summed E-state index contributed by atoms with van der Waals surface area (Å²) in [6.45, 7) is 4.37. The second-order valence-electron chi connectivity index (χ2n) is 5.70. The minimum Gasteiger partial charge on any atom is -0.389 e. The van der Waals surface area contributed by atoms with Gasteiger partial charge >= 0.3 is 0 Å². The highest BCUT2D eigenvalue weighted by molar-refractivity contribution is 4.89. The molecule has 3 nitrogen and oxygen atoms in total. The van der Waals surface area contributed by atoms with Crippen molar-refractivity contribution in [1.29, 1.82) is 0 Å². The van der Waals surface area contributed by atoms with Gasteiger partial charge < -0.3 is 14.7 Å². The summed E-state index contributed by atoms with van der Waals surface area (Å²) >= 11 is 0. The van der Waals surface area contributed by atoms with E-state index in [2.05, 4.69) is 17.1 Å². The van der Waals surface area contributed by atoms with Gasteiger partial charge in [0.05, 0.1) is 12.7 Å². The minimum atomic E-state index is -0.317. The third-order valence-corrected chi connectivity index (χ3v) is 3.96. The molecule has 18 heavy (non-hydrogen) atoms. The normalized spacial score (nSPS) is 27.3. The number of β-amino-alcohol motifs (C(OH)–C–C–N with tert-alkyl or cyclic N) is 1. The maximum absolute atomic E-state index is 9.95. The van der Waals surface area contributed by atoms with Crippen molar-refractivity contribution in [2.75, 3.05) is 32.8 Å². The Bertz CT molecular complexity index is 249. The van der Waals surface area contributed by atoms with E-state index in [-0.39, 0.29) is 6.10 Å². The molecule has 0 unspecified atom stereocenters. The van der Waals surface area contributed by atoms with Crippen LogP contribution in [0, 0.1) is 5.92 Å². The SMILES string of the molecule is O[C@@H](COC[C@H]1CC=CCC1)CN1CCCCC1. The Morgan fingerprint density at radius 3 is 2.78 bits per heavy atom. The van der Waals surface area contributed by atoms with E-state index < -0.39 is 0 Å². The van der Waals surface area contributed by atoms with Crippen LogP contribution in [-0.4, -0.2) is 49.0 Å². The molecule has 0 amide bonds. The average molecular weight is 253 g/mol. The van der Waals surface area contributed by atoms with Gasteiger partial charge in [0.15, 0.2) is 0 Å². The van der Waals surface area contributed by atoms with E-state index in [1.165, 1.54) is 32.1 Å². The highest BCUT2D eigenvalue weighted by Crippen LogP contribution is 2.18. The van der Waals surface area contributed by atoms with E-state index in [9.17, 15) is 5.11 Å². The van der Waals surface area contributed by atoms with Crippen LogP contribution in [0.15, 0.2) is 12.2 Å². The fourth-order valence-electron chi connectivity index (χ4n) is 2.87. The molecule has 0 radical (unpaired) electrons. The fraction of sp³-hybridized carbons (Fsp3) is 0.867. The van der Waals surface area contributed by atoms with Gasteiger partial charge in [0.25, 0.3) is 0 Å². The predicted octanol–water partition coefficient (Wildman–Crippen LogP) is 2.21. The molecule has 1 saturated heterocycles. The monoisotopic (exact) mass is 253 g/mol. The van der Waals surface area contributed by atoms with Gasteiger partial charge in [0.2, 0.25) is 0 Å². The third kappa shape index (κ3) is 5.09. The Kier molecular flexibility index (Phi) is 6.18. The largest absolute Gasteiger partial charge is 0.389 e. The lowest BCUT2D eigenvalue weighted by Gasteiger charge is -2.28. The number of nitrogens with zero attached hydrogens (tertiary/aromatic N) is 1. The Morgan fingerprint density at radius 2 is 2.06 bits per heavy atom. The highest BCUT2D eigenvalue weighted by Gasteiger charge is 2.15. The van der Waals surface area contributed by atoms with Crippen LogP contribution in [-0.2, 0) is 4.74 Å². The first-order valence-corrected chi connectivity index (χ1v) is 7.48. The number of ether oxygens (including phenoxy) is 1. The molecule has 1 aliphatic heterocycles. The standard InChI is InChI=1S/C15H27NO2/c17-15(11-16-9-5-2-6-10-16)13-18-12-14-7-3-1-4-8-14/h1,3,14-15,17H,2,4-13H2/t14-,15+/m0/s1. The first-order chi connectivity index (χ1) is 8.84. The summed E-state index contributed by atoms with van der Waals surface area (Å²) in [6, 6.07) is 0. The number of allylic oxidation sites excluding steroid dienone is 2. The number of likely N-dealkylation sites (tertiary alicyclic amines) is 1. The minimum absolute atomic E-state index is 0.317. The van der Waals surface area contributed by atoms with E-state index in [0.29, 0.717) is 12.5 Å². The number of hydrogen-bond acceptors (Lipinski definition) is 3. The van der Waals surface area contributed by atoms with Crippen LogP contribution in [0.2, 0.25) is 0 Å². The van der Waals surface area contributed by atoms with Crippen LogP contribution < -0.4 is 0 Å². The second kappa shape index (κ2) is 7.93. The van der Waals surface area contributed by atoms with Crippen LogP contribution in [0.1, 0.15) is 38.5 Å². The molecular formula is C15H27NO2. The topological polar surface area (TPSA) is 32.7 Å². The molecule has 2 rings (SSSR count). The highest BCUT2D eigenvalue weighted by atomic mass is 16.5. The molecule has 0 saturated carbocycles. The van der Waals surface area contributed by atoms with Gasteiger partial charge in [-0.05, 0) is 51.1 Å².